The molecule has 1 fully saturated rings. The Balaban J connectivity index is 1.60. The molecule has 33 heavy (non-hydrogen) atoms. The summed E-state index contributed by atoms with van der Waals surface area (Å²) in [4.78, 5) is 61.2. The van der Waals surface area contributed by atoms with E-state index in [-0.39, 0.29) is 53.0 Å². The van der Waals surface area contributed by atoms with Crippen molar-refractivity contribution in [2.75, 3.05) is 12.1 Å². The van der Waals surface area contributed by atoms with Gasteiger partial charge in [-0.05, 0) is 29.5 Å². The quantitative estimate of drug-likeness (QED) is 0.562. The molecule has 4 aliphatic rings. The van der Waals surface area contributed by atoms with Crippen molar-refractivity contribution in [1.82, 2.24) is 9.97 Å². The highest BCUT2D eigenvalue weighted by Crippen LogP contribution is 2.47. The number of anilines is 1. The molecule has 2 unspecified atom stereocenters. The summed E-state index contributed by atoms with van der Waals surface area (Å²) in [6, 6.07) is 5.14. The molecule has 2 aromatic rings. The molecular formula is C23H20N4O6. The number of nitrogens with zero attached hydrogens (tertiary/aromatic N) is 1. The van der Waals surface area contributed by atoms with E-state index in [0.717, 1.165) is 0 Å². The van der Waals surface area contributed by atoms with Crippen LogP contribution in [0.25, 0.3) is 0 Å². The highest BCUT2D eigenvalue weighted by atomic mass is 16.7. The molecule has 6 rings (SSSR count). The second-order valence-electron chi connectivity index (χ2n) is 9.51. The number of Topliss-reactive ketones (excluding diaryl/α,β-unsaturated/α-hetero) is 2. The molecule has 2 atom stereocenters. The monoisotopic (exact) mass is 448 g/mol. The Morgan fingerprint density at radius 1 is 1.00 bits per heavy atom. The van der Waals surface area contributed by atoms with Crippen LogP contribution >= 0.6 is 0 Å². The van der Waals surface area contributed by atoms with Gasteiger partial charge in [-0.2, -0.15) is 0 Å². The molecule has 0 amide bonds. The van der Waals surface area contributed by atoms with Crippen LogP contribution in [0.15, 0.2) is 44.2 Å². The zero-order valence-electron chi connectivity index (χ0n) is 17.9. The number of allylic oxidation sites excluding steroid dienone is 1. The van der Waals surface area contributed by atoms with E-state index < -0.39 is 23.1 Å². The zero-order valence-corrected chi connectivity index (χ0v) is 17.9. The average Bonchev–Trinajstić information content (AvgIpc) is 3.18. The summed E-state index contributed by atoms with van der Waals surface area (Å²) in [7, 11) is 0. The van der Waals surface area contributed by atoms with Gasteiger partial charge in [0.25, 0.3) is 5.56 Å². The van der Waals surface area contributed by atoms with E-state index in [1.807, 2.05) is 13.8 Å². The van der Waals surface area contributed by atoms with Gasteiger partial charge in [-0.3, -0.25) is 24.4 Å². The molecule has 1 aliphatic carbocycles. The smallest absolute Gasteiger partial charge is 0.327 e. The van der Waals surface area contributed by atoms with Gasteiger partial charge in [0.1, 0.15) is 23.3 Å². The van der Waals surface area contributed by atoms with Crippen LogP contribution in [0.1, 0.15) is 43.7 Å². The Kier molecular flexibility index (Phi) is 3.90. The molecule has 0 bridgehead atoms. The van der Waals surface area contributed by atoms with Crippen molar-refractivity contribution in [3.63, 3.8) is 0 Å². The molecule has 1 aromatic carbocycles. The van der Waals surface area contributed by atoms with E-state index in [1.165, 1.54) is 0 Å². The van der Waals surface area contributed by atoms with Crippen molar-refractivity contribution in [2.45, 2.75) is 32.6 Å². The van der Waals surface area contributed by atoms with Crippen molar-refractivity contribution < 1.29 is 19.1 Å². The number of aromatic nitrogens is 2. The number of H-pyrrole nitrogens is 2. The zero-order chi connectivity index (χ0) is 23.1. The lowest BCUT2D eigenvalue weighted by Gasteiger charge is -2.39. The summed E-state index contributed by atoms with van der Waals surface area (Å²) in [5.74, 6) is -0.911. The maximum atomic E-state index is 13.8. The molecule has 1 saturated carbocycles. The standard InChI is InChI=1S/C23H20N4O6/c1-23(2)6-10-15(11(28)7-23)18(29)16-14(9-3-4-12-13(5-9)33-8-32-12)17-20(25-19(16)24-10)26-22(31)27-21(17)30/h3-5,14-15H,6-8H2,1-2H3,(H3,25,26,27,30,31). The predicted molar refractivity (Wildman–Crippen MR) is 117 cm³/mol. The molecule has 0 radical (unpaired) electrons. The lowest BCUT2D eigenvalue weighted by molar-refractivity contribution is -0.130. The van der Waals surface area contributed by atoms with Gasteiger partial charge in [0.2, 0.25) is 6.79 Å². The summed E-state index contributed by atoms with van der Waals surface area (Å²) in [5.41, 5.74) is -0.131. The third-order valence-electron chi connectivity index (χ3n) is 6.54. The topological polar surface area (TPSA) is 143 Å². The first-order valence-corrected chi connectivity index (χ1v) is 10.6. The van der Waals surface area contributed by atoms with Gasteiger partial charge in [0, 0.05) is 12.1 Å². The van der Waals surface area contributed by atoms with Gasteiger partial charge in [0.05, 0.1) is 17.1 Å². The third-order valence-corrected chi connectivity index (χ3v) is 6.54. The summed E-state index contributed by atoms with van der Waals surface area (Å²) >= 11 is 0. The van der Waals surface area contributed by atoms with Crippen LogP contribution in [0.5, 0.6) is 11.5 Å². The van der Waals surface area contributed by atoms with Crippen molar-refractivity contribution in [1.29, 1.82) is 0 Å². The number of carbonyl (C=O) groups is 2. The first-order valence-electron chi connectivity index (χ1n) is 10.6. The number of hydrogen-bond donors (Lipinski definition) is 3. The molecule has 168 valence electrons. The Labute approximate surface area is 186 Å². The fourth-order valence-electron chi connectivity index (χ4n) is 5.23. The Morgan fingerprint density at radius 3 is 2.61 bits per heavy atom. The summed E-state index contributed by atoms with van der Waals surface area (Å²) in [6.07, 6.45) is 0.776. The van der Waals surface area contributed by atoms with Crippen LogP contribution in [0.4, 0.5) is 5.82 Å². The predicted octanol–water partition coefficient (Wildman–Crippen LogP) is 1.59. The maximum absolute atomic E-state index is 13.8. The number of rotatable bonds is 1. The summed E-state index contributed by atoms with van der Waals surface area (Å²) in [5, 5.41) is 2.97. The Morgan fingerprint density at radius 2 is 1.79 bits per heavy atom. The lowest BCUT2D eigenvalue weighted by atomic mass is 9.66. The second kappa shape index (κ2) is 6.53. The number of benzene rings is 1. The molecular weight excluding hydrogens is 428 g/mol. The van der Waals surface area contributed by atoms with E-state index in [9.17, 15) is 19.2 Å². The number of aliphatic imine (C=N–C) groups is 1. The van der Waals surface area contributed by atoms with Crippen LogP contribution in [-0.4, -0.2) is 34.0 Å². The number of hydrogen-bond acceptors (Lipinski definition) is 8. The summed E-state index contributed by atoms with van der Waals surface area (Å²) < 4.78 is 10.9. The van der Waals surface area contributed by atoms with Crippen molar-refractivity contribution in [2.24, 2.45) is 16.3 Å². The van der Waals surface area contributed by atoms with Crippen LogP contribution < -0.4 is 26.0 Å². The molecule has 10 heteroatoms. The first kappa shape index (κ1) is 19.7. The SMILES string of the molecule is CC1(C)CC(=O)C2C(=O)C3=C(N=C2C1)Nc1[nH]c(=O)[nH]c(=O)c1C3c1ccc2c(c1)OCO2. The number of carbonyl (C=O) groups excluding carboxylic acids is 2. The number of aromatic amines is 2. The second-order valence-corrected chi connectivity index (χ2v) is 9.51. The van der Waals surface area contributed by atoms with Crippen LogP contribution in [0, 0.1) is 11.3 Å². The van der Waals surface area contributed by atoms with Gasteiger partial charge >= 0.3 is 5.69 Å². The van der Waals surface area contributed by atoms with Crippen molar-refractivity contribution in [3.8, 4) is 11.5 Å². The van der Waals surface area contributed by atoms with Gasteiger partial charge in [-0.15, -0.1) is 0 Å². The molecule has 0 saturated heterocycles. The average molecular weight is 448 g/mol. The van der Waals surface area contributed by atoms with Gasteiger partial charge < -0.3 is 14.8 Å². The van der Waals surface area contributed by atoms with Gasteiger partial charge in [-0.1, -0.05) is 19.9 Å². The largest absolute Gasteiger partial charge is 0.454 e. The molecule has 3 N–H and O–H groups in total. The number of fused-ring (bicyclic) bond motifs is 3. The molecule has 4 heterocycles. The minimum absolute atomic E-state index is 0.0718. The fraction of sp³-hybridized carbons (Fsp3) is 0.348. The third kappa shape index (κ3) is 2.90. The van der Waals surface area contributed by atoms with E-state index in [4.69, 9.17) is 9.47 Å². The number of ketones is 2. The van der Waals surface area contributed by atoms with E-state index in [1.54, 1.807) is 18.2 Å². The Hall–Kier alpha value is -3.95. The number of ether oxygens (including phenoxy) is 2. The fourth-order valence-corrected chi connectivity index (χ4v) is 5.23. The lowest BCUT2D eigenvalue weighted by Crippen LogP contribution is -2.47. The number of nitrogens with one attached hydrogen (secondary N) is 3. The molecule has 10 nitrogen and oxygen atoms in total. The van der Waals surface area contributed by atoms with Crippen molar-refractivity contribution >= 4 is 23.1 Å². The van der Waals surface area contributed by atoms with Crippen molar-refractivity contribution in [3.05, 3.63) is 61.6 Å². The van der Waals surface area contributed by atoms with E-state index in [0.29, 0.717) is 29.2 Å². The Bertz CT molecular complexity index is 1440. The molecule has 0 spiro atoms. The maximum Gasteiger partial charge on any atom is 0.327 e. The highest BCUT2D eigenvalue weighted by molar-refractivity contribution is 6.29. The highest BCUT2D eigenvalue weighted by Gasteiger charge is 2.49. The van der Waals surface area contributed by atoms with Gasteiger partial charge in [-0.25, -0.2) is 9.79 Å². The van der Waals surface area contributed by atoms with Crippen LogP contribution in [0.2, 0.25) is 0 Å². The summed E-state index contributed by atoms with van der Waals surface area (Å²) in [6.45, 7) is 4.00. The minimum Gasteiger partial charge on any atom is -0.454 e. The normalized spacial score (nSPS) is 24.5. The molecule has 3 aliphatic heterocycles. The first-order chi connectivity index (χ1) is 15.7. The minimum atomic E-state index is -0.960. The van der Waals surface area contributed by atoms with Gasteiger partial charge in [0.15, 0.2) is 17.3 Å². The van der Waals surface area contributed by atoms with Crippen LogP contribution in [-0.2, 0) is 9.59 Å². The molecule has 1 aromatic heterocycles. The van der Waals surface area contributed by atoms with E-state index >= 15 is 0 Å². The van der Waals surface area contributed by atoms with E-state index in [2.05, 4.69) is 20.3 Å². The van der Waals surface area contributed by atoms with Crippen LogP contribution in [0.3, 0.4) is 0 Å².